The van der Waals surface area contributed by atoms with Crippen LogP contribution >= 0.6 is 0 Å². The number of hydrogen-bond donors (Lipinski definition) is 2. The zero-order chi connectivity index (χ0) is 20.5. The number of rotatable bonds is 4. The van der Waals surface area contributed by atoms with Crippen LogP contribution in [0.3, 0.4) is 0 Å². The first-order valence-electron chi connectivity index (χ1n) is 9.19. The monoisotopic (exact) mass is 389 g/mol. The van der Waals surface area contributed by atoms with Crippen LogP contribution in [0.2, 0.25) is 0 Å². The molecule has 6 nitrogen and oxygen atoms in total. The second-order valence-electron chi connectivity index (χ2n) is 6.79. The molecule has 0 aliphatic rings. The van der Waals surface area contributed by atoms with Crippen LogP contribution < -0.4 is 11.1 Å². The number of nitrogens with zero attached hydrogens (tertiary/aromatic N) is 3. The third kappa shape index (κ3) is 3.48. The van der Waals surface area contributed by atoms with Gasteiger partial charge in [-0.1, -0.05) is 12.1 Å². The molecule has 0 aliphatic heterocycles. The Morgan fingerprint density at radius 1 is 1.14 bits per heavy atom. The molecule has 0 unspecified atom stereocenters. The first-order valence-corrected chi connectivity index (χ1v) is 9.19. The van der Waals surface area contributed by atoms with E-state index >= 15 is 0 Å². The topological polar surface area (TPSA) is 85.8 Å². The van der Waals surface area contributed by atoms with E-state index < -0.39 is 0 Å². The van der Waals surface area contributed by atoms with E-state index in [1.807, 2.05) is 30.7 Å². The predicted molar refractivity (Wildman–Crippen MR) is 111 cm³/mol. The number of nitrogens with two attached hydrogens (primary N) is 1. The van der Waals surface area contributed by atoms with Gasteiger partial charge in [0.25, 0.3) is 0 Å². The number of fused-ring (bicyclic) bond motifs is 1. The average molecular weight is 389 g/mol. The Bertz CT molecular complexity index is 1230. The van der Waals surface area contributed by atoms with Gasteiger partial charge in [0.1, 0.15) is 11.6 Å². The summed E-state index contributed by atoms with van der Waals surface area (Å²) in [6.45, 7) is 3.90. The molecule has 2 aromatic heterocycles. The Morgan fingerprint density at radius 3 is 2.62 bits per heavy atom. The van der Waals surface area contributed by atoms with E-state index in [4.69, 9.17) is 10.7 Å². The highest BCUT2D eigenvalue weighted by molar-refractivity contribution is 5.96. The van der Waals surface area contributed by atoms with Crippen molar-refractivity contribution in [3.05, 3.63) is 71.8 Å². The summed E-state index contributed by atoms with van der Waals surface area (Å²) in [4.78, 5) is 21.0. The molecule has 7 heteroatoms. The number of carbonyl (C=O) groups excluding carboxylic acids is 1. The summed E-state index contributed by atoms with van der Waals surface area (Å²) in [6, 6.07) is 13.7. The molecule has 0 atom stereocenters. The van der Waals surface area contributed by atoms with E-state index in [0.717, 1.165) is 16.6 Å². The van der Waals surface area contributed by atoms with Crippen molar-refractivity contribution in [1.82, 2.24) is 14.5 Å². The molecule has 0 fully saturated rings. The van der Waals surface area contributed by atoms with Crippen molar-refractivity contribution in [3.63, 3.8) is 0 Å². The van der Waals surface area contributed by atoms with Gasteiger partial charge in [0.2, 0.25) is 5.91 Å². The molecule has 29 heavy (non-hydrogen) atoms. The fourth-order valence-electron chi connectivity index (χ4n) is 3.19. The highest BCUT2D eigenvalue weighted by Gasteiger charge is 2.16. The van der Waals surface area contributed by atoms with Gasteiger partial charge in [0.05, 0.1) is 17.6 Å². The van der Waals surface area contributed by atoms with Gasteiger partial charge in [-0.05, 0) is 55.8 Å². The van der Waals surface area contributed by atoms with Crippen molar-refractivity contribution in [2.24, 2.45) is 5.73 Å². The Hall–Kier alpha value is -3.58. The number of amides is 1. The highest BCUT2D eigenvalue weighted by atomic mass is 19.1. The molecule has 0 aliphatic carbocycles. The van der Waals surface area contributed by atoms with Crippen LogP contribution in [0.4, 0.5) is 10.1 Å². The molecule has 2 heterocycles. The van der Waals surface area contributed by atoms with Crippen molar-refractivity contribution in [1.29, 1.82) is 0 Å². The molecule has 1 amide bonds. The van der Waals surface area contributed by atoms with E-state index in [2.05, 4.69) is 10.3 Å². The van der Waals surface area contributed by atoms with Crippen molar-refractivity contribution in [2.45, 2.75) is 13.8 Å². The van der Waals surface area contributed by atoms with Crippen molar-refractivity contribution < 1.29 is 9.18 Å². The van der Waals surface area contributed by atoms with Crippen molar-refractivity contribution in [2.75, 3.05) is 11.9 Å². The van der Waals surface area contributed by atoms with Gasteiger partial charge in [-0.25, -0.2) is 14.4 Å². The summed E-state index contributed by atoms with van der Waals surface area (Å²) in [6.07, 6.45) is 1.92. The fraction of sp³-hybridized carbons (Fsp3) is 0.136. The van der Waals surface area contributed by atoms with E-state index in [0.29, 0.717) is 28.4 Å². The Morgan fingerprint density at radius 2 is 1.93 bits per heavy atom. The lowest BCUT2D eigenvalue weighted by Crippen LogP contribution is -2.21. The lowest BCUT2D eigenvalue weighted by atomic mass is 10.1. The van der Waals surface area contributed by atoms with Gasteiger partial charge in [0.15, 0.2) is 5.82 Å². The maximum Gasteiger partial charge on any atom is 0.238 e. The number of halogens is 1. The smallest absolute Gasteiger partial charge is 0.238 e. The Balaban J connectivity index is 1.98. The second-order valence-corrected chi connectivity index (χ2v) is 6.79. The quantitative estimate of drug-likeness (QED) is 0.557. The van der Waals surface area contributed by atoms with Gasteiger partial charge in [-0.3, -0.25) is 4.79 Å². The van der Waals surface area contributed by atoms with E-state index in [1.165, 1.54) is 6.07 Å². The zero-order valence-electron chi connectivity index (χ0n) is 16.1. The highest BCUT2D eigenvalue weighted by Crippen LogP contribution is 2.29. The Kier molecular flexibility index (Phi) is 4.82. The standard InChI is InChI=1S/C22H20FN5O/c1-13-9-10-28(14(13)2)22-17-11-15(25-20(29)12-24)7-8-19(17)26-21(27-22)16-5-3-4-6-18(16)23/h3-11H,12,24H2,1-2H3,(H,25,29). The van der Waals surface area contributed by atoms with Crippen LogP contribution in [0, 0.1) is 19.7 Å². The van der Waals surface area contributed by atoms with E-state index in [1.54, 1.807) is 36.4 Å². The first-order chi connectivity index (χ1) is 14.0. The van der Waals surface area contributed by atoms with Gasteiger partial charge in [-0.2, -0.15) is 0 Å². The minimum absolute atomic E-state index is 0.108. The summed E-state index contributed by atoms with van der Waals surface area (Å²) >= 11 is 0. The lowest BCUT2D eigenvalue weighted by molar-refractivity contribution is -0.114. The largest absolute Gasteiger partial charge is 0.325 e. The molecular formula is C22H20FN5O. The molecule has 4 rings (SSSR count). The summed E-state index contributed by atoms with van der Waals surface area (Å²) in [5.41, 5.74) is 9.09. The predicted octanol–water partition coefficient (Wildman–Crippen LogP) is 3.74. The van der Waals surface area contributed by atoms with Crippen LogP contribution in [-0.2, 0) is 4.79 Å². The number of carbonyl (C=O) groups is 1. The van der Waals surface area contributed by atoms with Crippen molar-refractivity contribution >= 4 is 22.5 Å². The molecule has 0 bridgehead atoms. The minimum Gasteiger partial charge on any atom is -0.325 e. The van der Waals surface area contributed by atoms with Gasteiger partial charge >= 0.3 is 0 Å². The SMILES string of the molecule is Cc1ccn(-c2nc(-c3ccccc3F)nc3ccc(NC(=O)CN)cc23)c1C. The number of nitrogens with one attached hydrogen (secondary N) is 1. The number of hydrogen-bond acceptors (Lipinski definition) is 4. The number of anilines is 1. The summed E-state index contributed by atoms with van der Waals surface area (Å²) in [5.74, 6) is 0.241. The molecule has 0 radical (unpaired) electrons. The third-order valence-electron chi connectivity index (χ3n) is 4.89. The van der Waals surface area contributed by atoms with Gasteiger partial charge in [0, 0.05) is 23.0 Å². The molecule has 2 aromatic carbocycles. The normalized spacial score (nSPS) is 11.0. The lowest BCUT2D eigenvalue weighted by Gasteiger charge is -2.13. The minimum atomic E-state index is -0.384. The zero-order valence-corrected chi connectivity index (χ0v) is 16.1. The second kappa shape index (κ2) is 7.44. The number of aromatic nitrogens is 3. The summed E-state index contributed by atoms with van der Waals surface area (Å²) in [5, 5.41) is 3.48. The van der Waals surface area contributed by atoms with Crippen LogP contribution in [0.1, 0.15) is 11.3 Å². The van der Waals surface area contributed by atoms with Crippen molar-refractivity contribution in [3.8, 4) is 17.2 Å². The molecule has 0 saturated carbocycles. The van der Waals surface area contributed by atoms with E-state index in [9.17, 15) is 9.18 Å². The van der Waals surface area contributed by atoms with Gasteiger partial charge < -0.3 is 15.6 Å². The molecular weight excluding hydrogens is 369 g/mol. The van der Waals surface area contributed by atoms with Crippen LogP contribution in [-0.4, -0.2) is 27.0 Å². The first kappa shape index (κ1) is 18.8. The van der Waals surface area contributed by atoms with Gasteiger partial charge in [-0.15, -0.1) is 0 Å². The molecule has 0 spiro atoms. The molecule has 3 N–H and O–H groups in total. The maximum absolute atomic E-state index is 14.4. The average Bonchev–Trinajstić information content (AvgIpc) is 3.06. The van der Waals surface area contributed by atoms with Crippen LogP contribution in [0.5, 0.6) is 0 Å². The molecule has 146 valence electrons. The summed E-state index contributed by atoms with van der Waals surface area (Å²) < 4.78 is 16.3. The van der Waals surface area contributed by atoms with Crippen LogP contribution in [0.15, 0.2) is 54.7 Å². The maximum atomic E-state index is 14.4. The summed E-state index contributed by atoms with van der Waals surface area (Å²) in [7, 11) is 0. The third-order valence-corrected chi connectivity index (χ3v) is 4.89. The van der Waals surface area contributed by atoms with Crippen LogP contribution in [0.25, 0.3) is 28.1 Å². The number of aryl methyl sites for hydroxylation is 1. The molecule has 4 aromatic rings. The fourth-order valence-corrected chi connectivity index (χ4v) is 3.19. The van der Waals surface area contributed by atoms with E-state index in [-0.39, 0.29) is 18.3 Å². The Labute approximate surface area is 167 Å². The number of benzene rings is 2. The molecule has 0 saturated heterocycles.